The lowest BCUT2D eigenvalue weighted by molar-refractivity contribution is 0.217. The summed E-state index contributed by atoms with van der Waals surface area (Å²) in [7, 11) is 0. The average Bonchev–Trinajstić information content (AvgIpc) is 2.67. The van der Waals surface area contributed by atoms with Crippen LogP contribution in [0.4, 0.5) is 4.39 Å². The van der Waals surface area contributed by atoms with Gasteiger partial charge in [0.15, 0.2) is 0 Å². The van der Waals surface area contributed by atoms with Gasteiger partial charge in [0.2, 0.25) is 0 Å². The van der Waals surface area contributed by atoms with Gasteiger partial charge in [0.1, 0.15) is 30.5 Å². The number of benzene rings is 2. The number of nitriles is 1. The Kier molecular flexibility index (Phi) is 5.30. The summed E-state index contributed by atoms with van der Waals surface area (Å²) in [6, 6.07) is 17.5. The number of hydrogen-bond donors (Lipinski definition) is 0. The van der Waals surface area contributed by atoms with Gasteiger partial charge in [0.05, 0.1) is 11.6 Å². The zero-order valence-electron chi connectivity index (χ0n) is 13.8. The van der Waals surface area contributed by atoms with E-state index in [0.29, 0.717) is 29.4 Å². The van der Waals surface area contributed by atoms with Crippen molar-refractivity contribution in [2.45, 2.75) is 0 Å². The van der Waals surface area contributed by atoms with Crippen molar-refractivity contribution in [2.75, 3.05) is 13.2 Å². The molecule has 26 heavy (non-hydrogen) atoms. The van der Waals surface area contributed by atoms with Gasteiger partial charge in [-0.3, -0.25) is 9.36 Å². The third-order valence-electron chi connectivity index (χ3n) is 3.60. The van der Waals surface area contributed by atoms with Crippen LogP contribution >= 0.6 is 0 Å². The Morgan fingerprint density at radius 1 is 0.923 bits per heavy atom. The maximum atomic E-state index is 13.0. The lowest BCUT2D eigenvalue weighted by Gasteiger charge is -2.10. The van der Waals surface area contributed by atoms with Crippen molar-refractivity contribution in [2.24, 2.45) is 0 Å². The highest BCUT2D eigenvalue weighted by Gasteiger charge is 2.03. The Morgan fingerprint density at radius 3 is 2.19 bits per heavy atom. The molecule has 1 aromatic heterocycles. The number of aromatic nitrogens is 1. The van der Waals surface area contributed by atoms with Gasteiger partial charge in [-0.15, -0.1) is 0 Å². The van der Waals surface area contributed by atoms with E-state index >= 15 is 0 Å². The lowest BCUT2D eigenvalue weighted by atomic mass is 10.2. The van der Waals surface area contributed by atoms with Crippen LogP contribution in [0.3, 0.4) is 0 Å². The number of pyridine rings is 1. The van der Waals surface area contributed by atoms with Crippen LogP contribution in [0.5, 0.6) is 11.5 Å². The zero-order valence-corrected chi connectivity index (χ0v) is 13.8. The van der Waals surface area contributed by atoms with Gasteiger partial charge >= 0.3 is 0 Å². The van der Waals surface area contributed by atoms with E-state index in [4.69, 9.17) is 14.7 Å². The van der Waals surface area contributed by atoms with Crippen molar-refractivity contribution >= 4 is 0 Å². The predicted octanol–water partition coefficient (Wildman–Crippen LogP) is 3.31. The van der Waals surface area contributed by atoms with Crippen LogP contribution in [-0.4, -0.2) is 17.8 Å². The monoisotopic (exact) mass is 350 g/mol. The third-order valence-corrected chi connectivity index (χ3v) is 3.60. The fourth-order valence-electron chi connectivity index (χ4n) is 2.31. The van der Waals surface area contributed by atoms with Gasteiger partial charge in [0, 0.05) is 18.0 Å². The standard InChI is InChI=1S/C20H15FN2O3/c21-16-3-5-17(6-4-16)23-10-9-19(13-20(23)24)26-12-11-25-18-7-1-15(14-22)2-8-18/h1-10,13H,11-12H2. The van der Waals surface area contributed by atoms with Crippen LogP contribution in [0.2, 0.25) is 0 Å². The summed E-state index contributed by atoms with van der Waals surface area (Å²) in [4.78, 5) is 12.2. The van der Waals surface area contributed by atoms with E-state index in [0.717, 1.165) is 0 Å². The molecule has 0 saturated carbocycles. The van der Waals surface area contributed by atoms with Crippen molar-refractivity contribution in [1.29, 1.82) is 5.26 Å². The Hall–Kier alpha value is -3.59. The zero-order chi connectivity index (χ0) is 18.4. The molecule has 0 aliphatic heterocycles. The van der Waals surface area contributed by atoms with Crippen molar-refractivity contribution in [1.82, 2.24) is 4.57 Å². The quantitative estimate of drug-likeness (QED) is 0.640. The number of ether oxygens (including phenoxy) is 2. The molecular formula is C20H15FN2O3. The number of hydrogen-bond acceptors (Lipinski definition) is 4. The highest BCUT2D eigenvalue weighted by atomic mass is 19.1. The first-order valence-corrected chi connectivity index (χ1v) is 7.90. The van der Waals surface area contributed by atoms with E-state index in [1.807, 2.05) is 6.07 Å². The Balaban J connectivity index is 1.55. The Labute approximate surface area is 149 Å². The van der Waals surface area contributed by atoms with Crippen LogP contribution in [0.25, 0.3) is 5.69 Å². The molecule has 130 valence electrons. The fraction of sp³-hybridized carbons (Fsp3) is 0.100. The number of nitrogens with zero attached hydrogens (tertiary/aromatic N) is 2. The molecule has 0 bridgehead atoms. The Morgan fingerprint density at radius 2 is 1.58 bits per heavy atom. The summed E-state index contributed by atoms with van der Waals surface area (Å²) < 4.78 is 25.4. The maximum Gasteiger partial charge on any atom is 0.258 e. The second kappa shape index (κ2) is 7.99. The smallest absolute Gasteiger partial charge is 0.258 e. The van der Waals surface area contributed by atoms with E-state index in [9.17, 15) is 9.18 Å². The van der Waals surface area contributed by atoms with Gasteiger partial charge in [-0.2, -0.15) is 5.26 Å². The summed E-state index contributed by atoms with van der Waals surface area (Å²) in [6.07, 6.45) is 1.58. The molecule has 6 heteroatoms. The van der Waals surface area contributed by atoms with E-state index in [1.54, 1.807) is 36.5 Å². The van der Waals surface area contributed by atoms with E-state index in [-0.39, 0.29) is 18.0 Å². The minimum atomic E-state index is -0.357. The van der Waals surface area contributed by atoms with E-state index in [2.05, 4.69) is 0 Å². The SMILES string of the molecule is N#Cc1ccc(OCCOc2ccn(-c3ccc(F)cc3)c(=O)c2)cc1. The predicted molar refractivity (Wildman–Crippen MR) is 94.1 cm³/mol. The molecule has 0 saturated heterocycles. The highest BCUT2D eigenvalue weighted by Crippen LogP contribution is 2.13. The summed E-state index contributed by atoms with van der Waals surface area (Å²) in [5.74, 6) is 0.708. The molecule has 5 nitrogen and oxygen atoms in total. The van der Waals surface area contributed by atoms with E-state index < -0.39 is 0 Å². The molecule has 0 unspecified atom stereocenters. The third kappa shape index (κ3) is 4.28. The first kappa shape index (κ1) is 17.2. The van der Waals surface area contributed by atoms with Crippen molar-refractivity contribution in [3.8, 4) is 23.3 Å². The van der Waals surface area contributed by atoms with Gasteiger partial charge < -0.3 is 9.47 Å². The van der Waals surface area contributed by atoms with Crippen LogP contribution < -0.4 is 15.0 Å². The molecular weight excluding hydrogens is 335 g/mol. The molecule has 3 rings (SSSR count). The van der Waals surface area contributed by atoms with Crippen molar-refractivity contribution in [3.63, 3.8) is 0 Å². The fourth-order valence-corrected chi connectivity index (χ4v) is 2.31. The second-order valence-corrected chi connectivity index (χ2v) is 5.38. The summed E-state index contributed by atoms with van der Waals surface area (Å²) in [5.41, 5.74) is 0.865. The lowest BCUT2D eigenvalue weighted by Crippen LogP contribution is -2.17. The normalized spacial score (nSPS) is 10.2. The van der Waals surface area contributed by atoms with Crippen LogP contribution in [-0.2, 0) is 0 Å². The molecule has 0 N–H and O–H groups in total. The first-order chi connectivity index (χ1) is 12.7. The van der Waals surface area contributed by atoms with Crippen LogP contribution in [0.15, 0.2) is 71.7 Å². The molecule has 0 aliphatic rings. The molecule has 0 amide bonds. The molecule has 1 heterocycles. The number of halogens is 1. The van der Waals surface area contributed by atoms with Crippen LogP contribution in [0, 0.1) is 17.1 Å². The van der Waals surface area contributed by atoms with Crippen molar-refractivity contribution < 1.29 is 13.9 Å². The maximum absolute atomic E-state index is 13.0. The van der Waals surface area contributed by atoms with Gasteiger partial charge in [-0.1, -0.05) is 0 Å². The topological polar surface area (TPSA) is 64.2 Å². The summed E-state index contributed by atoms with van der Waals surface area (Å²) in [6.45, 7) is 0.562. The average molecular weight is 350 g/mol. The summed E-state index contributed by atoms with van der Waals surface area (Å²) >= 11 is 0. The summed E-state index contributed by atoms with van der Waals surface area (Å²) in [5, 5.41) is 8.74. The van der Waals surface area contributed by atoms with Crippen LogP contribution in [0.1, 0.15) is 5.56 Å². The Bertz CT molecular complexity index is 974. The largest absolute Gasteiger partial charge is 0.490 e. The molecule has 0 spiro atoms. The highest BCUT2D eigenvalue weighted by molar-refractivity contribution is 5.35. The van der Waals surface area contributed by atoms with Crippen molar-refractivity contribution in [3.05, 3.63) is 88.6 Å². The molecule has 0 fully saturated rings. The molecule has 0 aliphatic carbocycles. The minimum absolute atomic E-state index is 0.264. The first-order valence-electron chi connectivity index (χ1n) is 7.90. The number of rotatable bonds is 6. The minimum Gasteiger partial charge on any atom is -0.490 e. The second-order valence-electron chi connectivity index (χ2n) is 5.38. The van der Waals surface area contributed by atoms with Gasteiger partial charge in [-0.25, -0.2) is 4.39 Å². The van der Waals surface area contributed by atoms with Gasteiger partial charge in [-0.05, 0) is 54.6 Å². The molecule has 2 aromatic carbocycles. The molecule has 0 radical (unpaired) electrons. The molecule has 3 aromatic rings. The van der Waals surface area contributed by atoms with E-state index in [1.165, 1.54) is 34.9 Å². The van der Waals surface area contributed by atoms with Gasteiger partial charge in [0.25, 0.3) is 5.56 Å². The molecule has 0 atom stereocenters.